The SMILES string of the molecule is CCCCCCCCCCNC(CNC(CONC=O)C(C)O)C(C)O. The molecule has 4 unspecified atom stereocenters. The van der Waals surface area contributed by atoms with E-state index in [-0.39, 0.29) is 18.7 Å². The zero-order chi connectivity index (χ0) is 19.6. The van der Waals surface area contributed by atoms with E-state index in [1.807, 2.05) is 0 Å². The van der Waals surface area contributed by atoms with Crippen LogP contribution in [0.2, 0.25) is 0 Å². The molecule has 0 aliphatic rings. The van der Waals surface area contributed by atoms with E-state index in [1.165, 1.54) is 44.9 Å². The van der Waals surface area contributed by atoms with Gasteiger partial charge in [0.05, 0.1) is 24.9 Å². The first-order valence-corrected chi connectivity index (χ1v) is 10.2. The number of amides is 1. The Morgan fingerprint density at radius 2 is 1.46 bits per heavy atom. The third-order valence-corrected chi connectivity index (χ3v) is 4.60. The smallest absolute Gasteiger partial charge is 0.230 e. The Morgan fingerprint density at radius 3 is 2.00 bits per heavy atom. The maximum Gasteiger partial charge on any atom is 0.230 e. The number of rotatable bonds is 19. The zero-order valence-electron chi connectivity index (χ0n) is 16.9. The maximum absolute atomic E-state index is 10.2. The van der Waals surface area contributed by atoms with E-state index < -0.39 is 12.2 Å². The fourth-order valence-electron chi connectivity index (χ4n) is 2.78. The first kappa shape index (κ1) is 25.3. The Morgan fingerprint density at radius 1 is 0.885 bits per heavy atom. The summed E-state index contributed by atoms with van der Waals surface area (Å²) in [4.78, 5) is 15.1. The molecule has 4 atom stereocenters. The molecule has 0 spiro atoms. The molecule has 0 aromatic heterocycles. The molecular weight excluding hydrogens is 334 g/mol. The molecule has 0 heterocycles. The van der Waals surface area contributed by atoms with Crippen molar-refractivity contribution >= 4 is 6.41 Å². The number of aliphatic hydroxyl groups excluding tert-OH is 2. The van der Waals surface area contributed by atoms with Crippen molar-refractivity contribution < 1.29 is 19.8 Å². The number of hydroxylamine groups is 1. The number of hydrogen-bond acceptors (Lipinski definition) is 6. The van der Waals surface area contributed by atoms with Crippen molar-refractivity contribution in [3.63, 3.8) is 0 Å². The van der Waals surface area contributed by atoms with Crippen LogP contribution in [0.5, 0.6) is 0 Å². The second-order valence-electron chi connectivity index (χ2n) is 7.08. The van der Waals surface area contributed by atoms with Gasteiger partial charge in [-0.05, 0) is 26.8 Å². The van der Waals surface area contributed by atoms with Gasteiger partial charge < -0.3 is 20.8 Å². The molecule has 156 valence electrons. The van der Waals surface area contributed by atoms with Crippen LogP contribution in [0.4, 0.5) is 0 Å². The lowest BCUT2D eigenvalue weighted by Crippen LogP contribution is -2.52. The minimum Gasteiger partial charge on any atom is -0.392 e. The highest BCUT2D eigenvalue weighted by Crippen LogP contribution is 2.08. The molecule has 0 fully saturated rings. The van der Waals surface area contributed by atoms with E-state index in [9.17, 15) is 15.0 Å². The van der Waals surface area contributed by atoms with E-state index in [0.717, 1.165) is 13.0 Å². The maximum atomic E-state index is 10.2. The Hall–Kier alpha value is -0.730. The molecule has 0 aliphatic carbocycles. The average Bonchev–Trinajstić information content (AvgIpc) is 2.60. The number of unbranched alkanes of at least 4 members (excludes halogenated alkanes) is 7. The van der Waals surface area contributed by atoms with E-state index in [1.54, 1.807) is 13.8 Å². The lowest BCUT2D eigenvalue weighted by molar-refractivity contribution is -0.122. The lowest BCUT2D eigenvalue weighted by Gasteiger charge is -2.27. The number of hydrogen-bond donors (Lipinski definition) is 5. The summed E-state index contributed by atoms with van der Waals surface area (Å²) in [6.07, 6.45) is 9.52. The fraction of sp³-hybridized carbons (Fsp3) is 0.947. The quantitative estimate of drug-likeness (QED) is 0.133. The van der Waals surface area contributed by atoms with Gasteiger partial charge in [0.15, 0.2) is 0 Å². The number of carbonyl (C=O) groups is 1. The molecule has 0 rings (SSSR count). The summed E-state index contributed by atoms with van der Waals surface area (Å²) < 4.78 is 0. The van der Waals surface area contributed by atoms with Gasteiger partial charge in [-0.15, -0.1) is 0 Å². The normalized spacial score (nSPS) is 16.0. The van der Waals surface area contributed by atoms with Crippen LogP contribution in [-0.4, -0.2) is 60.6 Å². The Labute approximate surface area is 159 Å². The van der Waals surface area contributed by atoms with Crippen LogP contribution in [-0.2, 0) is 9.63 Å². The summed E-state index contributed by atoms with van der Waals surface area (Å²) in [7, 11) is 0. The molecule has 5 N–H and O–H groups in total. The summed E-state index contributed by atoms with van der Waals surface area (Å²) in [6, 6.07) is -0.423. The highest BCUT2D eigenvalue weighted by atomic mass is 16.6. The Kier molecular flexibility index (Phi) is 17.2. The van der Waals surface area contributed by atoms with Crippen LogP contribution in [0.1, 0.15) is 72.1 Å². The highest BCUT2D eigenvalue weighted by Gasteiger charge is 2.19. The summed E-state index contributed by atoms with van der Waals surface area (Å²) in [5.74, 6) is 0. The van der Waals surface area contributed by atoms with E-state index in [4.69, 9.17) is 4.84 Å². The monoisotopic (exact) mass is 375 g/mol. The molecule has 0 aromatic rings. The van der Waals surface area contributed by atoms with Crippen LogP contribution >= 0.6 is 0 Å². The van der Waals surface area contributed by atoms with Gasteiger partial charge in [-0.3, -0.25) is 9.63 Å². The van der Waals surface area contributed by atoms with Gasteiger partial charge in [0.2, 0.25) is 6.41 Å². The second-order valence-corrected chi connectivity index (χ2v) is 7.08. The summed E-state index contributed by atoms with van der Waals surface area (Å²) in [6.45, 7) is 7.18. The lowest BCUT2D eigenvalue weighted by atomic mass is 10.1. The third-order valence-electron chi connectivity index (χ3n) is 4.60. The van der Waals surface area contributed by atoms with Gasteiger partial charge in [0, 0.05) is 12.6 Å². The second kappa shape index (κ2) is 17.7. The summed E-state index contributed by atoms with van der Waals surface area (Å²) >= 11 is 0. The van der Waals surface area contributed by atoms with Gasteiger partial charge in [-0.1, -0.05) is 51.9 Å². The molecule has 0 saturated heterocycles. The van der Waals surface area contributed by atoms with Gasteiger partial charge in [0.1, 0.15) is 0 Å². The highest BCUT2D eigenvalue weighted by molar-refractivity contribution is 5.43. The molecule has 0 radical (unpaired) electrons. The van der Waals surface area contributed by atoms with Crippen LogP contribution < -0.4 is 16.1 Å². The van der Waals surface area contributed by atoms with Crippen LogP contribution in [0, 0.1) is 0 Å². The van der Waals surface area contributed by atoms with Crippen LogP contribution in [0.3, 0.4) is 0 Å². The van der Waals surface area contributed by atoms with Crippen molar-refractivity contribution in [2.24, 2.45) is 0 Å². The minimum atomic E-state index is -0.634. The van der Waals surface area contributed by atoms with Crippen LogP contribution in [0.15, 0.2) is 0 Å². The van der Waals surface area contributed by atoms with Gasteiger partial charge in [-0.2, -0.15) is 0 Å². The van der Waals surface area contributed by atoms with Crippen molar-refractivity contribution in [1.29, 1.82) is 0 Å². The van der Waals surface area contributed by atoms with E-state index in [0.29, 0.717) is 13.0 Å². The Bertz CT molecular complexity index is 317. The van der Waals surface area contributed by atoms with Crippen LogP contribution in [0.25, 0.3) is 0 Å². The van der Waals surface area contributed by atoms with Gasteiger partial charge in [-0.25, -0.2) is 5.48 Å². The van der Waals surface area contributed by atoms with Crippen molar-refractivity contribution in [1.82, 2.24) is 16.1 Å². The van der Waals surface area contributed by atoms with Crippen molar-refractivity contribution in [2.75, 3.05) is 19.7 Å². The minimum absolute atomic E-state index is 0.0974. The Balaban J connectivity index is 3.92. The van der Waals surface area contributed by atoms with Gasteiger partial charge >= 0.3 is 0 Å². The molecular formula is C19H41N3O4. The molecule has 0 saturated carbocycles. The predicted octanol–water partition coefficient (Wildman–Crippen LogP) is 1.48. The van der Waals surface area contributed by atoms with Crippen molar-refractivity contribution in [3.05, 3.63) is 0 Å². The first-order valence-electron chi connectivity index (χ1n) is 10.2. The first-order chi connectivity index (χ1) is 12.5. The number of aliphatic hydroxyl groups is 2. The number of nitrogens with one attached hydrogen (secondary N) is 3. The van der Waals surface area contributed by atoms with E-state index in [2.05, 4.69) is 23.0 Å². The summed E-state index contributed by atoms with van der Waals surface area (Å²) in [5, 5.41) is 26.3. The van der Waals surface area contributed by atoms with Crippen molar-refractivity contribution in [2.45, 2.75) is 96.4 Å². The topological polar surface area (TPSA) is 103 Å². The molecule has 0 aliphatic heterocycles. The molecule has 0 aromatic carbocycles. The molecule has 1 amide bonds. The summed E-state index contributed by atoms with van der Waals surface area (Å²) in [5.41, 5.74) is 2.12. The third kappa shape index (κ3) is 14.4. The van der Waals surface area contributed by atoms with Crippen molar-refractivity contribution in [3.8, 4) is 0 Å². The predicted molar refractivity (Wildman–Crippen MR) is 105 cm³/mol. The average molecular weight is 376 g/mol. The standard InChI is InChI=1S/C19H41N3O4/c1-4-5-6-7-8-9-10-11-12-20-18(16(2)24)13-21-19(17(3)25)14-26-22-15-23/h15-21,24-25H,4-14H2,1-3H3,(H,22,23). The molecule has 0 bridgehead atoms. The fourth-order valence-corrected chi connectivity index (χ4v) is 2.78. The molecule has 26 heavy (non-hydrogen) atoms. The molecule has 7 heteroatoms. The van der Waals surface area contributed by atoms with Gasteiger partial charge in [0.25, 0.3) is 0 Å². The van der Waals surface area contributed by atoms with E-state index >= 15 is 0 Å². The largest absolute Gasteiger partial charge is 0.392 e. The molecule has 7 nitrogen and oxygen atoms in total. The number of carbonyl (C=O) groups excluding carboxylic acids is 1. The zero-order valence-corrected chi connectivity index (χ0v) is 16.9.